The maximum atomic E-state index is 5.80. The predicted octanol–water partition coefficient (Wildman–Crippen LogP) is 4.11. The Kier molecular flexibility index (Phi) is 3.05. The monoisotopic (exact) mass is 256 g/mol. The highest BCUT2D eigenvalue weighted by molar-refractivity contribution is 7.71. The first-order valence-corrected chi connectivity index (χ1v) is 5.34. The van der Waals surface area contributed by atoms with E-state index in [-0.39, 0.29) is 0 Å². The van der Waals surface area contributed by atoms with Gasteiger partial charge in [-0.2, -0.15) is 5.10 Å². The van der Waals surface area contributed by atoms with Crippen LogP contribution in [0.3, 0.4) is 0 Å². The fourth-order valence-electron chi connectivity index (χ4n) is 1.23. The van der Waals surface area contributed by atoms with Crippen molar-refractivity contribution in [1.29, 1.82) is 0 Å². The first kappa shape index (κ1) is 10.6. The molecule has 1 aromatic carbocycles. The third kappa shape index (κ3) is 2.37. The molecule has 0 atom stereocenters. The van der Waals surface area contributed by atoms with Gasteiger partial charge < -0.3 is 0 Å². The van der Waals surface area contributed by atoms with E-state index in [1.165, 1.54) is 0 Å². The molecule has 1 N–H and O–H groups in total. The van der Waals surface area contributed by atoms with Crippen LogP contribution < -0.4 is 0 Å². The summed E-state index contributed by atoms with van der Waals surface area (Å²) in [5.41, 5.74) is 1.81. The molecule has 1 aromatic heterocycles. The standard InChI is InChI=1S/C10H6Cl2N2S/c11-7-3-1-6(2-4-7)8-5-9(12)13-14-10(8)15/h1-5H,(H,14,15). The second-order valence-corrected chi connectivity index (χ2v) is 4.17. The first-order valence-electron chi connectivity index (χ1n) is 4.18. The Morgan fingerprint density at radius 1 is 1.13 bits per heavy atom. The Labute approximate surface area is 102 Å². The number of nitrogens with one attached hydrogen (secondary N) is 1. The summed E-state index contributed by atoms with van der Waals surface area (Å²) in [6.45, 7) is 0. The average molecular weight is 257 g/mol. The highest BCUT2D eigenvalue weighted by Crippen LogP contribution is 2.23. The van der Waals surface area contributed by atoms with E-state index in [1.54, 1.807) is 18.2 Å². The molecule has 0 amide bonds. The quantitative estimate of drug-likeness (QED) is 0.778. The van der Waals surface area contributed by atoms with Crippen molar-refractivity contribution in [2.75, 3.05) is 0 Å². The van der Waals surface area contributed by atoms with E-state index in [0.717, 1.165) is 11.1 Å². The minimum atomic E-state index is 0.383. The van der Waals surface area contributed by atoms with Gasteiger partial charge >= 0.3 is 0 Å². The molecular formula is C10H6Cl2N2S. The van der Waals surface area contributed by atoms with Gasteiger partial charge in [0.15, 0.2) is 0 Å². The van der Waals surface area contributed by atoms with Gasteiger partial charge in [-0.15, -0.1) is 0 Å². The van der Waals surface area contributed by atoms with Crippen LogP contribution in [0.1, 0.15) is 0 Å². The zero-order valence-corrected chi connectivity index (χ0v) is 9.83. The molecular weight excluding hydrogens is 251 g/mol. The first-order chi connectivity index (χ1) is 7.16. The van der Waals surface area contributed by atoms with Crippen molar-refractivity contribution >= 4 is 35.4 Å². The molecule has 0 fully saturated rings. The minimum Gasteiger partial charge on any atom is -0.266 e. The van der Waals surface area contributed by atoms with Gasteiger partial charge in [0.1, 0.15) is 9.79 Å². The third-order valence-corrected chi connectivity index (χ3v) is 2.68. The number of aromatic amines is 1. The highest BCUT2D eigenvalue weighted by atomic mass is 35.5. The molecule has 0 aliphatic heterocycles. The van der Waals surface area contributed by atoms with Crippen LogP contribution in [0.2, 0.25) is 10.2 Å². The smallest absolute Gasteiger partial charge is 0.150 e. The Hall–Kier alpha value is -0.900. The summed E-state index contributed by atoms with van der Waals surface area (Å²) >= 11 is 16.7. The molecule has 0 aliphatic carbocycles. The molecule has 0 unspecified atom stereocenters. The van der Waals surface area contributed by atoms with E-state index < -0.39 is 0 Å². The molecule has 5 heteroatoms. The Morgan fingerprint density at radius 2 is 1.80 bits per heavy atom. The minimum absolute atomic E-state index is 0.383. The molecule has 0 saturated heterocycles. The number of hydrogen-bond donors (Lipinski definition) is 1. The van der Waals surface area contributed by atoms with Crippen molar-refractivity contribution < 1.29 is 0 Å². The number of rotatable bonds is 1. The number of H-pyrrole nitrogens is 1. The summed E-state index contributed by atoms with van der Waals surface area (Å²) in [6.07, 6.45) is 0. The number of aromatic nitrogens is 2. The van der Waals surface area contributed by atoms with Crippen molar-refractivity contribution in [3.8, 4) is 11.1 Å². The predicted molar refractivity (Wildman–Crippen MR) is 64.9 cm³/mol. The summed E-state index contributed by atoms with van der Waals surface area (Å²) < 4.78 is 0.557. The Bertz CT molecular complexity index is 534. The van der Waals surface area contributed by atoms with Gasteiger partial charge in [0, 0.05) is 10.6 Å². The molecule has 0 aliphatic rings. The molecule has 2 aromatic rings. The molecule has 15 heavy (non-hydrogen) atoms. The lowest BCUT2D eigenvalue weighted by molar-refractivity contribution is 1.02. The number of halogens is 2. The van der Waals surface area contributed by atoms with Crippen molar-refractivity contribution in [3.05, 3.63) is 45.1 Å². The Morgan fingerprint density at radius 3 is 2.47 bits per heavy atom. The van der Waals surface area contributed by atoms with E-state index in [2.05, 4.69) is 10.2 Å². The molecule has 0 saturated carbocycles. The van der Waals surface area contributed by atoms with Crippen molar-refractivity contribution in [2.24, 2.45) is 0 Å². The van der Waals surface area contributed by atoms with Crippen LogP contribution in [0, 0.1) is 4.64 Å². The normalized spacial score (nSPS) is 10.3. The highest BCUT2D eigenvalue weighted by Gasteiger charge is 2.02. The van der Waals surface area contributed by atoms with Gasteiger partial charge in [0.05, 0.1) is 0 Å². The lowest BCUT2D eigenvalue weighted by Crippen LogP contribution is -1.87. The fourth-order valence-corrected chi connectivity index (χ4v) is 1.72. The van der Waals surface area contributed by atoms with Gasteiger partial charge in [0.2, 0.25) is 0 Å². The maximum Gasteiger partial charge on any atom is 0.150 e. The molecule has 0 bridgehead atoms. The summed E-state index contributed by atoms with van der Waals surface area (Å²) in [5, 5.41) is 7.55. The summed E-state index contributed by atoms with van der Waals surface area (Å²) in [4.78, 5) is 0. The van der Waals surface area contributed by atoms with Gasteiger partial charge in [-0.1, -0.05) is 47.6 Å². The molecule has 0 spiro atoms. The van der Waals surface area contributed by atoms with Gasteiger partial charge in [-0.05, 0) is 23.8 Å². The lowest BCUT2D eigenvalue weighted by atomic mass is 10.1. The van der Waals surface area contributed by atoms with Crippen LogP contribution in [0.15, 0.2) is 30.3 Å². The van der Waals surface area contributed by atoms with Crippen LogP contribution in [0.4, 0.5) is 0 Å². The zero-order valence-electron chi connectivity index (χ0n) is 7.50. The molecule has 2 nitrogen and oxygen atoms in total. The van der Waals surface area contributed by atoms with Crippen molar-refractivity contribution in [2.45, 2.75) is 0 Å². The van der Waals surface area contributed by atoms with E-state index in [9.17, 15) is 0 Å². The largest absolute Gasteiger partial charge is 0.266 e. The van der Waals surface area contributed by atoms with Gasteiger partial charge in [-0.25, -0.2) is 0 Å². The Balaban J connectivity index is 2.58. The van der Waals surface area contributed by atoms with Crippen LogP contribution in [-0.4, -0.2) is 10.2 Å². The van der Waals surface area contributed by atoms with Crippen LogP contribution in [-0.2, 0) is 0 Å². The van der Waals surface area contributed by atoms with E-state index in [1.807, 2.05) is 12.1 Å². The molecule has 76 valence electrons. The second kappa shape index (κ2) is 4.31. The summed E-state index contributed by atoms with van der Waals surface area (Å²) in [5.74, 6) is 0. The van der Waals surface area contributed by atoms with Gasteiger partial charge in [-0.3, -0.25) is 5.10 Å². The molecule has 0 radical (unpaired) electrons. The number of hydrogen-bond acceptors (Lipinski definition) is 2. The molecule has 1 heterocycles. The topological polar surface area (TPSA) is 28.7 Å². The summed E-state index contributed by atoms with van der Waals surface area (Å²) in [7, 11) is 0. The van der Waals surface area contributed by atoms with Crippen LogP contribution >= 0.6 is 35.4 Å². The van der Waals surface area contributed by atoms with E-state index in [4.69, 9.17) is 35.4 Å². The SMILES string of the molecule is S=c1[nH]nc(Cl)cc1-c1ccc(Cl)cc1. The van der Waals surface area contributed by atoms with E-state index in [0.29, 0.717) is 14.8 Å². The molecule has 2 rings (SSSR count). The van der Waals surface area contributed by atoms with Crippen molar-refractivity contribution in [1.82, 2.24) is 10.2 Å². The summed E-state index contributed by atoms with van der Waals surface area (Å²) in [6, 6.07) is 9.11. The fraction of sp³-hybridized carbons (Fsp3) is 0. The van der Waals surface area contributed by atoms with Crippen molar-refractivity contribution in [3.63, 3.8) is 0 Å². The van der Waals surface area contributed by atoms with Gasteiger partial charge in [0.25, 0.3) is 0 Å². The lowest BCUT2D eigenvalue weighted by Gasteiger charge is -2.01. The van der Waals surface area contributed by atoms with Crippen LogP contribution in [0.5, 0.6) is 0 Å². The average Bonchev–Trinajstić information content (AvgIpc) is 2.23. The maximum absolute atomic E-state index is 5.80. The van der Waals surface area contributed by atoms with Crippen LogP contribution in [0.25, 0.3) is 11.1 Å². The third-order valence-electron chi connectivity index (χ3n) is 1.93. The number of benzene rings is 1. The second-order valence-electron chi connectivity index (χ2n) is 2.94. The van der Waals surface area contributed by atoms with E-state index >= 15 is 0 Å². The number of nitrogens with zero attached hydrogens (tertiary/aromatic N) is 1. The zero-order chi connectivity index (χ0) is 10.8.